The van der Waals surface area contributed by atoms with Gasteiger partial charge in [-0.15, -0.1) is 0 Å². The number of aryl methyl sites for hydroxylation is 2. The van der Waals surface area contributed by atoms with Crippen LogP contribution in [-0.4, -0.2) is 22.5 Å². The third-order valence-corrected chi connectivity index (χ3v) is 4.64. The number of rotatable bonds is 1. The summed E-state index contributed by atoms with van der Waals surface area (Å²) in [5.41, 5.74) is 4.24. The number of hydrogen-bond donors (Lipinski definition) is 1. The van der Waals surface area contributed by atoms with Crippen LogP contribution < -0.4 is 5.32 Å². The zero-order valence-electron chi connectivity index (χ0n) is 13.3. The van der Waals surface area contributed by atoms with Gasteiger partial charge in [0.15, 0.2) is 0 Å². The maximum Gasteiger partial charge on any atom is 0.251 e. The monoisotopic (exact) mass is 303 g/mol. The number of benzene rings is 2. The predicted octanol–water partition coefficient (Wildman–Crippen LogP) is 3.55. The molecule has 4 aromatic rings. The Labute approximate surface area is 133 Å². The summed E-state index contributed by atoms with van der Waals surface area (Å²) in [5.74, 6) is -0.0666. The van der Waals surface area contributed by atoms with Gasteiger partial charge in [-0.25, -0.2) is 0 Å². The van der Waals surface area contributed by atoms with Crippen molar-refractivity contribution in [2.45, 2.75) is 6.92 Å². The van der Waals surface area contributed by atoms with Crippen molar-refractivity contribution in [3.05, 3.63) is 53.9 Å². The van der Waals surface area contributed by atoms with Crippen molar-refractivity contribution < 1.29 is 4.79 Å². The van der Waals surface area contributed by atoms with Crippen molar-refractivity contribution >= 4 is 38.5 Å². The molecule has 4 nitrogen and oxygen atoms in total. The van der Waals surface area contributed by atoms with Gasteiger partial charge in [-0.1, -0.05) is 0 Å². The van der Waals surface area contributed by atoms with Crippen LogP contribution in [0.25, 0.3) is 32.6 Å². The SMILES string of the molecule is CNC(=O)c1ccc2c(c1)c1cc3cnccc3c(C)c1n2C. The highest BCUT2D eigenvalue weighted by molar-refractivity contribution is 6.15. The van der Waals surface area contributed by atoms with Crippen molar-refractivity contribution in [1.82, 2.24) is 14.9 Å². The largest absolute Gasteiger partial charge is 0.355 e. The van der Waals surface area contributed by atoms with Crippen LogP contribution in [0.15, 0.2) is 42.7 Å². The zero-order valence-corrected chi connectivity index (χ0v) is 13.3. The lowest BCUT2D eigenvalue weighted by molar-refractivity contribution is 0.0963. The van der Waals surface area contributed by atoms with E-state index < -0.39 is 0 Å². The van der Waals surface area contributed by atoms with E-state index in [0.29, 0.717) is 5.56 Å². The molecule has 23 heavy (non-hydrogen) atoms. The highest BCUT2D eigenvalue weighted by Gasteiger charge is 2.14. The Morgan fingerprint density at radius 3 is 2.74 bits per heavy atom. The van der Waals surface area contributed by atoms with Crippen LogP contribution in [0, 0.1) is 6.92 Å². The highest BCUT2D eigenvalue weighted by atomic mass is 16.1. The molecule has 0 aliphatic carbocycles. The van der Waals surface area contributed by atoms with Gasteiger partial charge < -0.3 is 9.88 Å². The Hall–Kier alpha value is -2.88. The van der Waals surface area contributed by atoms with E-state index in [-0.39, 0.29) is 5.91 Å². The molecule has 2 aromatic carbocycles. The van der Waals surface area contributed by atoms with Gasteiger partial charge in [-0.05, 0) is 48.2 Å². The molecule has 0 spiro atoms. The van der Waals surface area contributed by atoms with Gasteiger partial charge in [0.25, 0.3) is 5.91 Å². The van der Waals surface area contributed by atoms with Crippen LogP contribution in [0.4, 0.5) is 0 Å². The molecule has 0 aliphatic rings. The summed E-state index contributed by atoms with van der Waals surface area (Å²) < 4.78 is 2.20. The molecule has 2 heterocycles. The van der Waals surface area contributed by atoms with Gasteiger partial charge >= 0.3 is 0 Å². The second-order valence-corrected chi connectivity index (χ2v) is 5.86. The van der Waals surface area contributed by atoms with Crippen molar-refractivity contribution in [2.75, 3.05) is 7.05 Å². The molecule has 0 saturated heterocycles. The Bertz CT molecular complexity index is 1090. The number of aromatic nitrogens is 2. The zero-order chi connectivity index (χ0) is 16.1. The Morgan fingerprint density at radius 2 is 1.96 bits per heavy atom. The van der Waals surface area contributed by atoms with Gasteiger partial charge in [0.2, 0.25) is 0 Å². The fraction of sp³-hybridized carbons (Fsp3) is 0.158. The molecule has 0 atom stereocenters. The fourth-order valence-electron chi connectivity index (χ4n) is 3.50. The Balaban J connectivity index is 2.19. The van der Waals surface area contributed by atoms with E-state index in [2.05, 4.69) is 41.0 Å². The molecular weight excluding hydrogens is 286 g/mol. The summed E-state index contributed by atoms with van der Waals surface area (Å²) >= 11 is 0. The van der Waals surface area contributed by atoms with E-state index >= 15 is 0 Å². The van der Waals surface area contributed by atoms with Gasteiger partial charge in [0, 0.05) is 53.7 Å². The van der Waals surface area contributed by atoms with Crippen LogP contribution in [-0.2, 0) is 7.05 Å². The lowest BCUT2D eigenvalue weighted by Gasteiger charge is -2.06. The average molecular weight is 303 g/mol. The number of nitrogens with zero attached hydrogens (tertiary/aromatic N) is 2. The molecule has 0 fully saturated rings. The third kappa shape index (κ3) is 1.84. The lowest BCUT2D eigenvalue weighted by atomic mass is 10.0. The first-order valence-electron chi connectivity index (χ1n) is 7.59. The van der Waals surface area contributed by atoms with Gasteiger partial charge in [0.05, 0.1) is 5.52 Å². The molecule has 114 valence electrons. The molecule has 2 aromatic heterocycles. The number of nitrogens with one attached hydrogen (secondary N) is 1. The van der Waals surface area contributed by atoms with E-state index in [1.807, 2.05) is 30.6 Å². The first kappa shape index (κ1) is 13.8. The van der Waals surface area contributed by atoms with E-state index in [9.17, 15) is 4.79 Å². The lowest BCUT2D eigenvalue weighted by Crippen LogP contribution is -2.17. The number of hydrogen-bond acceptors (Lipinski definition) is 2. The minimum Gasteiger partial charge on any atom is -0.355 e. The fourth-order valence-corrected chi connectivity index (χ4v) is 3.50. The summed E-state index contributed by atoms with van der Waals surface area (Å²) in [5, 5.41) is 7.27. The van der Waals surface area contributed by atoms with Gasteiger partial charge in [0.1, 0.15) is 0 Å². The Kier molecular flexibility index (Phi) is 2.88. The van der Waals surface area contributed by atoms with Crippen LogP contribution in [0.5, 0.6) is 0 Å². The second kappa shape index (κ2) is 4.81. The van der Waals surface area contributed by atoms with Crippen molar-refractivity contribution in [3.63, 3.8) is 0 Å². The summed E-state index contributed by atoms with van der Waals surface area (Å²) in [7, 11) is 3.73. The van der Waals surface area contributed by atoms with Crippen LogP contribution in [0.3, 0.4) is 0 Å². The number of amides is 1. The normalized spacial score (nSPS) is 11.4. The van der Waals surface area contributed by atoms with Crippen LogP contribution in [0.1, 0.15) is 15.9 Å². The molecule has 0 aliphatic heterocycles. The molecule has 0 radical (unpaired) electrons. The van der Waals surface area contributed by atoms with Crippen molar-refractivity contribution in [3.8, 4) is 0 Å². The number of fused-ring (bicyclic) bond motifs is 4. The summed E-state index contributed by atoms with van der Waals surface area (Å²) in [6.45, 7) is 2.14. The minimum atomic E-state index is -0.0666. The van der Waals surface area contributed by atoms with Crippen molar-refractivity contribution in [2.24, 2.45) is 7.05 Å². The van der Waals surface area contributed by atoms with Gasteiger partial charge in [-0.2, -0.15) is 0 Å². The molecule has 4 rings (SSSR count). The second-order valence-electron chi connectivity index (χ2n) is 5.86. The smallest absolute Gasteiger partial charge is 0.251 e. The van der Waals surface area contributed by atoms with E-state index in [4.69, 9.17) is 0 Å². The maximum absolute atomic E-state index is 12.0. The molecular formula is C19H17N3O. The molecule has 4 heteroatoms. The number of carbonyl (C=O) groups is 1. The standard InChI is InChI=1S/C19H17N3O/c1-11-14-6-7-21-10-13(14)9-16-15-8-12(19(23)20-2)4-5-17(15)22(3)18(11)16/h4-10H,1-3H3,(H,20,23). The average Bonchev–Trinajstić information content (AvgIpc) is 2.87. The first-order valence-corrected chi connectivity index (χ1v) is 7.59. The molecule has 0 saturated carbocycles. The van der Waals surface area contributed by atoms with E-state index in [0.717, 1.165) is 21.7 Å². The molecule has 1 amide bonds. The third-order valence-electron chi connectivity index (χ3n) is 4.64. The van der Waals surface area contributed by atoms with Crippen molar-refractivity contribution in [1.29, 1.82) is 0 Å². The van der Waals surface area contributed by atoms with Gasteiger partial charge in [-0.3, -0.25) is 9.78 Å². The van der Waals surface area contributed by atoms with Crippen LogP contribution >= 0.6 is 0 Å². The number of carbonyl (C=O) groups excluding carboxylic acids is 1. The highest BCUT2D eigenvalue weighted by Crippen LogP contribution is 2.34. The summed E-state index contributed by atoms with van der Waals surface area (Å²) in [4.78, 5) is 16.2. The van der Waals surface area contributed by atoms with Crippen LogP contribution in [0.2, 0.25) is 0 Å². The predicted molar refractivity (Wildman–Crippen MR) is 93.9 cm³/mol. The van der Waals surface area contributed by atoms with E-state index in [1.54, 1.807) is 7.05 Å². The quantitative estimate of drug-likeness (QED) is 0.584. The molecule has 1 N–H and O–H groups in total. The molecule has 0 unspecified atom stereocenters. The minimum absolute atomic E-state index is 0.0666. The summed E-state index contributed by atoms with van der Waals surface area (Å²) in [6, 6.07) is 10.1. The number of pyridine rings is 1. The van der Waals surface area contributed by atoms with E-state index in [1.165, 1.54) is 16.5 Å². The summed E-state index contributed by atoms with van der Waals surface area (Å²) in [6.07, 6.45) is 3.72. The Morgan fingerprint density at radius 1 is 1.13 bits per heavy atom. The first-order chi connectivity index (χ1) is 11.1. The topological polar surface area (TPSA) is 46.9 Å². The maximum atomic E-state index is 12.0. The molecule has 0 bridgehead atoms.